The van der Waals surface area contributed by atoms with Gasteiger partial charge in [0.15, 0.2) is 0 Å². The lowest BCUT2D eigenvalue weighted by atomic mass is 10.1. The molecule has 24 heavy (non-hydrogen) atoms. The smallest absolute Gasteiger partial charge is 0.274 e. The molecule has 1 amide bonds. The first-order valence-electron chi connectivity index (χ1n) is 8.19. The van der Waals surface area contributed by atoms with Gasteiger partial charge in [0.05, 0.1) is 0 Å². The second kappa shape index (κ2) is 7.18. The Kier molecular flexibility index (Phi) is 4.80. The Balaban J connectivity index is 1.74. The van der Waals surface area contributed by atoms with Crippen LogP contribution in [-0.4, -0.2) is 17.5 Å². The van der Waals surface area contributed by atoms with Crippen LogP contribution in [-0.2, 0) is 13.0 Å². The third-order valence-electron chi connectivity index (χ3n) is 4.26. The van der Waals surface area contributed by atoms with Crippen molar-refractivity contribution in [2.75, 3.05) is 11.9 Å². The summed E-state index contributed by atoms with van der Waals surface area (Å²) >= 11 is 0. The number of hydrogen-bond donors (Lipinski definition) is 0. The van der Waals surface area contributed by atoms with E-state index in [1.165, 1.54) is 11.1 Å². The second-order valence-corrected chi connectivity index (χ2v) is 6.02. The van der Waals surface area contributed by atoms with E-state index in [1.807, 2.05) is 79.3 Å². The Morgan fingerprint density at radius 2 is 1.67 bits per heavy atom. The van der Waals surface area contributed by atoms with Crippen molar-refractivity contribution in [2.45, 2.75) is 19.9 Å². The molecule has 1 heterocycles. The molecule has 0 spiro atoms. The van der Waals surface area contributed by atoms with E-state index in [0.717, 1.165) is 18.7 Å². The Labute approximate surface area is 143 Å². The van der Waals surface area contributed by atoms with Crippen molar-refractivity contribution < 1.29 is 4.79 Å². The summed E-state index contributed by atoms with van der Waals surface area (Å²) in [5, 5.41) is 0. The maximum atomic E-state index is 12.8. The molecule has 3 heteroatoms. The van der Waals surface area contributed by atoms with Gasteiger partial charge in [-0.3, -0.25) is 4.79 Å². The summed E-state index contributed by atoms with van der Waals surface area (Å²) in [5.74, 6) is 0.0110. The summed E-state index contributed by atoms with van der Waals surface area (Å²) in [5.41, 5.74) is 4.08. The number of aryl methyl sites for hydroxylation is 3. The van der Waals surface area contributed by atoms with E-state index in [2.05, 4.69) is 12.1 Å². The quantitative estimate of drug-likeness (QED) is 0.688. The highest BCUT2D eigenvalue weighted by molar-refractivity contribution is 6.04. The molecule has 0 atom stereocenters. The van der Waals surface area contributed by atoms with Gasteiger partial charge in [0, 0.05) is 25.5 Å². The fourth-order valence-electron chi connectivity index (χ4n) is 2.75. The van der Waals surface area contributed by atoms with Crippen molar-refractivity contribution in [3.05, 3.63) is 89.7 Å². The number of hydrogen-bond acceptors (Lipinski definition) is 1. The third kappa shape index (κ3) is 3.57. The van der Waals surface area contributed by atoms with Crippen molar-refractivity contribution >= 4 is 11.6 Å². The van der Waals surface area contributed by atoms with E-state index >= 15 is 0 Å². The normalized spacial score (nSPS) is 10.6. The first-order chi connectivity index (χ1) is 11.6. The fraction of sp³-hybridized carbons (Fsp3) is 0.190. The number of carbonyl (C=O) groups is 1. The molecule has 0 unspecified atom stereocenters. The van der Waals surface area contributed by atoms with Crippen LogP contribution >= 0.6 is 0 Å². The van der Waals surface area contributed by atoms with E-state index in [0.29, 0.717) is 5.69 Å². The number of aromatic nitrogens is 1. The minimum atomic E-state index is 0.0110. The molecular formula is C21H22N2O. The van der Waals surface area contributed by atoms with Crippen LogP contribution in [0.25, 0.3) is 0 Å². The minimum absolute atomic E-state index is 0.0110. The zero-order valence-electron chi connectivity index (χ0n) is 14.1. The molecule has 122 valence electrons. The fourth-order valence-corrected chi connectivity index (χ4v) is 2.75. The molecular weight excluding hydrogens is 296 g/mol. The van der Waals surface area contributed by atoms with Crippen LogP contribution in [0.4, 0.5) is 5.69 Å². The van der Waals surface area contributed by atoms with Crippen molar-refractivity contribution in [1.82, 2.24) is 4.57 Å². The van der Waals surface area contributed by atoms with Gasteiger partial charge in [-0.15, -0.1) is 0 Å². The van der Waals surface area contributed by atoms with Crippen molar-refractivity contribution in [3.63, 3.8) is 0 Å². The van der Waals surface area contributed by atoms with E-state index in [9.17, 15) is 4.79 Å². The van der Waals surface area contributed by atoms with Gasteiger partial charge in [-0.1, -0.05) is 48.0 Å². The number of amides is 1. The Hall–Kier alpha value is -2.81. The average molecular weight is 318 g/mol. The molecule has 2 aromatic carbocycles. The summed E-state index contributed by atoms with van der Waals surface area (Å²) in [6, 6.07) is 22.2. The van der Waals surface area contributed by atoms with Crippen LogP contribution < -0.4 is 4.90 Å². The van der Waals surface area contributed by atoms with Gasteiger partial charge in [0.25, 0.3) is 5.91 Å². The molecule has 3 aromatic rings. The van der Waals surface area contributed by atoms with E-state index < -0.39 is 0 Å². The molecule has 1 aromatic heterocycles. The summed E-state index contributed by atoms with van der Waals surface area (Å²) in [6.45, 7) is 2.83. The molecule has 0 fully saturated rings. The minimum Gasteiger partial charge on any atom is -0.343 e. The standard InChI is InChI=1S/C21H22N2O/c1-17-10-12-19(13-11-17)22(2)21(24)20-9-6-15-23(20)16-14-18-7-4-3-5-8-18/h3-13,15H,14,16H2,1-2H3. The number of benzene rings is 2. The molecule has 0 bridgehead atoms. The van der Waals surface area contributed by atoms with E-state index in [1.54, 1.807) is 4.90 Å². The van der Waals surface area contributed by atoms with Crippen LogP contribution in [0.2, 0.25) is 0 Å². The maximum Gasteiger partial charge on any atom is 0.274 e. The monoisotopic (exact) mass is 318 g/mol. The van der Waals surface area contributed by atoms with Crippen LogP contribution in [0, 0.1) is 6.92 Å². The molecule has 0 N–H and O–H groups in total. The van der Waals surface area contributed by atoms with Crippen LogP contribution in [0.3, 0.4) is 0 Å². The van der Waals surface area contributed by atoms with Gasteiger partial charge in [-0.2, -0.15) is 0 Å². The van der Waals surface area contributed by atoms with Gasteiger partial charge in [0.2, 0.25) is 0 Å². The lowest BCUT2D eigenvalue weighted by Gasteiger charge is -2.19. The van der Waals surface area contributed by atoms with Crippen LogP contribution in [0.5, 0.6) is 0 Å². The predicted octanol–water partition coefficient (Wildman–Crippen LogP) is 4.32. The molecule has 3 rings (SSSR count). The van der Waals surface area contributed by atoms with Crippen molar-refractivity contribution in [3.8, 4) is 0 Å². The van der Waals surface area contributed by atoms with Gasteiger partial charge < -0.3 is 9.47 Å². The lowest BCUT2D eigenvalue weighted by molar-refractivity contribution is 0.0984. The molecule has 0 aliphatic rings. The van der Waals surface area contributed by atoms with Crippen molar-refractivity contribution in [1.29, 1.82) is 0 Å². The average Bonchev–Trinajstić information content (AvgIpc) is 3.09. The topological polar surface area (TPSA) is 25.2 Å². The zero-order chi connectivity index (χ0) is 16.9. The summed E-state index contributed by atoms with van der Waals surface area (Å²) < 4.78 is 2.03. The van der Waals surface area contributed by atoms with Gasteiger partial charge in [0.1, 0.15) is 5.69 Å². The Bertz CT molecular complexity index is 803. The summed E-state index contributed by atoms with van der Waals surface area (Å²) in [7, 11) is 1.82. The number of nitrogens with zero attached hydrogens (tertiary/aromatic N) is 2. The lowest BCUT2D eigenvalue weighted by Crippen LogP contribution is -2.28. The predicted molar refractivity (Wildman–Crippen MR) is 98.5 cm³/mol. The first-order valence-corrected chi connectivity index (χ1v) is 8.19. The summed E-state index contributed by atoms with van der Waals surface area (Å²) in [4.78, 5) is 14.5. The Morgan fingerprint density at radius 1 is 0.958 bits per heavy atom. The number of carbonyl (C=O) groups excluding carboxylic acids is 1. The van der Waals surface area contributed by atoms with E-state index in [4.69, 9.17) is 0 Å². The highest BCUT2D eigenvalue weighted by atomic mass is 16.2. The molecule has 0 radical (unpaired) electrons. The zero-order valence-corrected chi connectivity index (χ0v) is 14.1. The molecule has 0 aliphatic carbocycles. The molecule has 0 saturated heterocycles. The maximum absolute atomic E-state index is 12.8. The highest BCUT2D eigenvalue weighted by Gasteiger charge is 2.16. The number of anilines is 1. The van der Waals surface area contributed by atoms with Gasteiger partial charge in [-0.05, 0) is 43.2 Å². The van der Waals surface area contributed by atoms with Crippen LogP contribution in [0.15, 0.2) is 72.9 Å². The molecule has 3 nitrogen and oxygen atoms in total. The van der Waals surface area contributed by atoms with Crippen molar-refractivity contribution in [2.24, 2.45) is 0 Å². The largest absolute Gasteiger partial charge is 0.343 e. The van der Waals surface area contributed by atoms with Gasteiger partial charge >= 0.3 is 0 Å². The summed E-state index contributed by atoms with van der Waals surface area (Å²) in [6.07, 6.45) is 2.88. The highest BCUT2D eigenvalue weighted by Crippen LogP contribution is 2.17. The first kappa shape index (κ1) is 16.1. The second-order valence-electron chi connectivity index (χ2n) is 6.02. The third-order valence-corrected chi connectivity index (χ3v) is 4.26. The van der Waals surface area contributed by atoms with Gasteiger partial charge in [-0.25, -0.2) is 0 Å². The molecule has 0 aliphatic heterocycles. The van der Waals surface area contributed by atoms with E-state index in [-0.39, 0.29) is 5.91 Å². The van der Waals surface area contributed by atoms with Crippen LogP contribution in [0.1, 0.15) is 21.6 Å². The SMILES string of the molecule is Cc1ccc(N(C)C(=O)c2cccn2CCc2ccccc2)cc1. The Morgan fingerprint density at radius 3 is 2.38 bits per heavy atom. The number of rotatable bonds is 5. The molecule has 0 saturated carbocycles.